The van der Waals surface area contributed by atoms with Gasteiger partial charge in [-0.1, -0.05) is 6.07 Å². The fourth-order valence-electron chi connectivity index (χ4n) is 4.76. The number of fused-ring (bicyclic) bond motifs is 1. The van der Waals surface area contributed by atoms with Gasteiger partial charge in [0.1, 0.15) is 0 Å². The van der Waals surface area contributed by atoms with Crippen molar-refractivity contribution in [3.63, 3.8) is 0 Å². The maximum absolute atomic E-state index is 13.3. The number of aromatic nitrogens is 3. The number of nitrogens with zero attached hydrogens (tertiary/aromatic N) is 4. The first kappa shape index (κ1) is 17.3. The van der Waals surface area contributed by atoms with E-state index in [-0.39, 0.29) is 39.0 Å². The molecule has 164 valence electrons. The number of nitrogens with one attached hydrogen (secondary N) is 1. The molecule has 0 aliphatic heterocycles. The molecule has 2 heterocycles. The van der Waals surface area contributed by atoms with Crippen molar-refractivity contribution in [3.05, 3.63) is 42.0 Å². The maximum atomic E-state index is 13.3. The Hall–Kier alpha value is -3.29. The van der Waals surface area contributed by atoms with Gasteiger partial charge < -0.3 is 10.2 Å². The van der Waals surface area contributed by atoms with Gasteiger partial charge >= 0.3 is 0 Å². The SMILES string of the molecule is [2H]C([2H])([2H])c1ccc(S(=O)(=O)NC23CCC(C#N)(C2)C3)cc1-c1cnc(N)c(-c2cnc(C)o2)n1. The second-order valence-electron chi connectivity index (χ2n) is 8.57. The van der Waals surface area contributed by atoms with Crippen molar-refractivity contribution in [2.75, 3.05) is 5.73 Å². The summed E-state index contributed by atoms with van der Waals surface area (Å²) in [6.45, 7) is -0.890. The van der Waals surface area contributed by atoms with Gasteiger partial charge in [-0.3, -0.25) is 0 Å². The lowest BCUT2D eigenvalue weighted by atomic mass is 9.66. The Labute approximate surface area is 190 Å². The van der Waals surface area contributed by atoms with Crippen molar-refractivity contribution in [3.8, 4) is 28.8 Å². The van der Waals surface area contributed by atoms with Crippen LogP contribution < -0.4 is 10.5 Å². The van der Waals surface area contributed by atoms with Crippen LogP contribution in [0.2, 0.25) is 0 Å². The quantitative estimate of drug-likeness (QED) is 0.599. The molecule has 3 fully saturated rings. The van der Waals surface area contributed by atoms with E-state index < -0.39 is 27.8 Å². The smallest absolute Gasteiger partial charge is 0.241 e. The van der Waals surface area contributed by atoms with E-state index in [1.54, 1.807) is 6.92 Å². The lowest BCUT2D eigenvalue weighted by Crippen LogP contribution is -2.55. The van der Waals surface area contributed by atoms with Gasteiger partial charge in [0.05, 0.1) is 34.5 Å². The summed E-state index contributed by atoms with van der Waals surface area (Å²) in [6, 6.07) is 6.11. The third kappa shape index (κ3) is 3.25. The fraction of sp³-hybridized carbons (Fsp3) is 0.364. The minimum atomic E-state index is -4.00. The van der Waals surface area contributed by atoms with Crippen molar-refractivity contribution in [1.29, 1.82) is 5.26 Å². The van der Waals surface area contributed by atoms with E-state index in [9.17, 15) is 13.7 Å². The summed E-state index contributed by atoms with van der Waals surface area (Å²) in [5, 5.41) is 9.37. The van der Waals surface area contributed by atoms with Gasteiger partial charge in [-0.2, -0.15) is 5.26 Å². The van der Waals surface area contributed by atoms with Crippen LogP contribution in [0.1, 0.15) is 41.2 Å². The highest BCUT2D eigenvalue weighted by Gasteiger charge is 2.62. The summed E-state index contributed by atoms with van der Waals surface area (Å²) in [5.41, 5.74) is 5.16. The van der Waals surface area contributed by atoms with Crippen molar-refractivity contribution < 1.29 is 16.9 Å². The molecule has 3 N–H and O–H groups in total. The maximum Gasteiger partial charge on any atom is 0.241 e. The predicted octanol–water partition coefficient (Wildman–Crippen LogP) is 3.11. The standard InChI is InChI=1S/C22H22N6O3S/c1-13-3-4-15(32(29,30)28-22-6-5-21(10-22,11-22)12-23)7-16(13)17-8-26-20(24)19(27-17)18-9-25-14(2)31-18/h3-4,7-9,28H,5-6,10-11H2,1-2H3,(H2,24,26)/i1D3. The first-order valence-corrected chi connectivity index (χ1v) is 11.5. The van der Waals surface area contributed by atoms with Crippen LogP contribution in [0.5, 0.6) is 0 Å². The number of hydrogen-bond acceptors (Lipinski definition) is 8. The Morgan fingerprint density at radius 2 is 2.09 bits per heavy atom. The Balaban J connectivity index is 1.57. The Kier molecular flexibility index (Phi) is 3.70. The molecule has 9 nitrogen and oxygen atoms in total. The molecule has 0 amide bonds. The van der Waals surface area contributed by atoms with E-state index in [4.69, 9.17) is 14.3 Å². The van der Waals surface area contributed by atoms with Crippen LogP contribution in [-0.4, -0.2) is 28.9 Å². The Morgan fingerprint density at radius 1 is 1.28 bits per heavy atom. The number of aryl methyl sites for hydroxylation is 2. The molecule has 0 radical (unpaired) electrons. The molecule has 0 atom stereocenters. The highest BCUT2D eigenvalue weighted by Crippen LogP contribution is 2.61. The van der Waals surface area contributed by atoms with Gasteiger partial charge in [0.15, 0.2) is 23.2 Å². The summed E-state index contributed by atoms with van der Waals surface area (Å²) in [7, 11) is -4.00. The summed E-state index contributed by atoms with van der Waals surface area (Å²) in [4.78, 5) is 12.5. The molecular weight excluding hydrogens is 428 g/mol. The normalized spacial score (nSPS) is 25.9. The summed E-state index contributed by atoms with van der Waals surface area (Å²) >= 11 is 0. The van der Waals surface area contributed by atoms with Crippen LogP contribution in [0.15, 0.2) is 39.9 Å². The number of benzene rings is 1. The molecule has 6 rings (SSSR count). The number of nitriles is 1. The molecule has 3 saturated carbocycles. The minimum Gasteiger partial charge on any atom is -0.439 e. The van der Waals surface area contributed by atoms with E-state index in [0.29, 0.717) is 31.6 Å². The molecule has 2 bridgehead atoms. The molecule has 1 aromatic carbocycles. The molecule has 2 aromatic heterocycles. The average Bonchev–Trinajstić information content (AvgIpc) is 3.46. The molecule has 0 unspecified atom stereocenters. The van der Waals surface area contributed by atoms with Gasteiger partial charge in [-0.25, -0.2) is 28.1 Å². The van der Waals surface area contributed by atoms with Crippen LogP contribution in [0.3, 0.4) is 0 Å². The predicted molar refractivity (Wildman–Crippen MR) is 116 cm³/mol. The van der Waals surface area contributed by atoms with Crippen LogP contribution in [0.4, 0.5) is 5.82 Å². The van der Waals surface area contributed by atoms with Gasteiger partial charge in [0, 0.05) is 22.1 Å². The highest BCUT2D eigenvalue weighted by atomic mass is 32.2. The Bertz CT molecular complexity index is 1490. The van der Waals surface area contributed by atoms with Gasteiger partial charge in [0.2, 0.25) is 10.0 Å². The first-order valence-electron chi connectivity index (χ1n) is 11.5. The molecule has 3 aliphatic rings. The number of nitrogen functional groups attached to an aromatic ring is 1. The van der Waals surface area contributed by atoms with E-state index in [1.165, 1.54) is 30.6 Å². The zero-order valence-corrected chi connectivity index (χ0v) is 18.0. The third-order valence-corrected chi connectivity index (χ3v) is 7.83. The van der Waals surface area contributed by atoms with E-state index in [2.05, 4.69) is 25.7 Å². The van der Waals surface area contributed by atoms with Crippen LogP contribution in [-0.2, 0) is 10.0 Å². The van der Waals surface area contributed by atoms with E-state index >= 15 is 0 Å². The van der Waals surface area contributed by atoms with Gasteiger partial charge in [0.25, 0.3) is 0 Å². The number of nitrogens with two attached hydrogens (primary N) is 1. The van der Waals surface area contributed by atoms with Crippen molar-refractivity contribution in [2.45, 2.75) is 49.9 Å². The zero-order valence-electron chi connectivity index (χ0n) is 20.2. The van der Waals surface area contributed by atoms with E-state index in [1.807, 2.05) is 0 Å². The molecule has 0 spiro atoms. The van der Waals surface area contributed by atoms with Gasteiger partial charge in [-0.15, -0.1) is 0 Å². The molecule has 3 aliphatic carbocycles. The van der Waals surface area contributed by atoms with E-state index in [0.717, 1.165) is 0 Å². The first-order chi connectivity index (χ1) is 16.4. The summed E-state index contributed by atoms with van der Waals surface area (Å²) in [6.07, 6.45) is 4.90. The lowest BCUT2D eigenvalue weighted by molar-refractivity contribution is 0.161. The summed E-state index contributed by atoms with van der Waals surface area (Å²) < 4.78 is 58.7. The topological polar surface area (TPSA) is 148 Å². The lowest BCUT2D eigenvalue weighted by Gasteiger charge is -2.43. The van der Waals surface area contributed by atoms with Gasteiger partial charge in [-0.05, 0) is 50.2 Å². The monoisotopic (exact) mass is 453 g/mol. The second-order valence-corrected chi connectivity index (χ2v) is 10.3. The number of hydrogen-bond donors (Lipinski definition) is 2. The molecule has 32 heavy (non-hydrogen) atoms. The second kappa shape index (κ2) is 6.85. The number of oxazole rings is 1. The van der Waals surface area contributed by atoms with Crippen LogP contribution in [0.25, 0.3) is 22.7 Å². The Morgan fingerprint density at radius 3 is 2.75 bits per heavy atom. The minimum absolute atomic E-state index is 0.0528. The number of rotatable bonds is 5. The molecule has 3 aromatic rings. The average molecular weight is 454 g/mol. The largest absolute Gasteiger partial charge is 0.439 e. The number of sulfonamides is 1. The molecule has 0 saturated heterocycles. The number of anilines is 1. The van der Waals surface area contributed by atoms with Crippen LogP contribution >= 0.6 is 0 Å². The molecular formula is C22H22N6O3S. The fourth-order valence-corrected chi connectivity index (χ4v) is 6.22. The highest BCUT2D eigenvalue weighted by molar-refractivity contribution is 7.89. The van der Waals surface area contributed by atoms with Crippen molar-refractivity contribution >= 4 is 15.8 Å². The summed E-state index contributed by atoms with van der Waals surface area (Å²) in [5.74, 6) is 0.690. The van der Waals surface area contributed by atoms with Crippen molar-refractivity contribution in [1.82, 2.24) is 19.7 Å². The third-order valence-electron chi connectivity index (χ3n) is 6.26. The molecule has 10 heteroatoms. The van der Waals surface area contributed by atoms with Crippen molar-refractivity contribution in [2.24, 2.45) is 5.41 Å². The van der Waals surface area contributed by atoms with Crippen LogP contribution in [0, 0.1) is 30.5 Å². The zero-order chi connectivity index (χ0) is 25.2.